The highest BCUT2D eigenvalue weighted by molar-refractivity contribution is 5.81. The van der Waals surface area contributed by atoms with Crippen molar-refractivity contribution in [3.8, 4) is 0 Å². The number of hydrogen-bond acceptors (Lipinski definition) is 2. The summed E-state index contributed by atoms with van der Waals surface area (Å²) < 4.78 is 0. The molecule has 3 N–H and O–H groups in total. The summed E-state index contributed by atoms with van der Waals surface area (Å²) in [7, 11) is 0. The molecular formula is C10H22N2O. The molecule has 0 spiro atoms. The van der Waals surface area contributed by atoms with E-state index in [4.69, 9.17) is 5.73 Å². The molecule has 0 heterocycles. The van der Waals surface area contributed by atoms with Crippen LogP contribution in [0.3, 0.4) is 0 Å². The van der Waals surface area contributed by atoms with E-state index in [-0.39, 0.29) is 11.9 Å². The first-order valence-electron chi connectivity index (χ1n) is 5.25. The Labute approximate surface area is 81.1 Å². The monoisotopic (exact) mass is 186 g/mol. The van der Waals surface area contributed by atoms with Gasteiger partial charge in [-0.25, -0.2) is 0 Å². The van der Waals surface area contributed by atoms with Crippen LogP contribution < -0.4 is 11.1 Å². The zero-order chi connectivity index (χ0) is 10.1. The van der Waals surface area contributed by atoms with Crippen LogP contribution in [0.4, 0.5) is 0 Å². The average Bonchev–Trinajstić information content (AvgIpc) is 2.16. The Hall–Kier alpha value is -0.570. The van der Waals surface area contributed by atoms with Crippen molar-refractivity contribution >= 4 is 5.91 Å². The van der Waals surface area contributed by atoms with E-state index in [1.165, 1.54) is 19.3 Å². The van der Waals surface area contributed by atoms with E-state index in [9.17, 15) is 4.79 Å². The summed E-state index contributed by atoms with van der Waals surface area (Å²) in [5, 5.41) is 2.83. The maximum atomic E-state index is 11.2. The molecule has 0 fully saturated rings. The Bertz CT molecular complexity index is 137. The standard InChI is InChI=1S/C10H22N2O/c1-3-5-6-7-8-12-10(13)9(11)4-2/h9H,3-8,11H2,1-2H3,(H,12,13)/t9-/m1/s1. The molecule has 0 rings (SSSR count). The van der Waals surface area contributed by atoms with Gasteiger partial charge in [-0.1, -0.05) is 33.1 Å². The zero-order valence-electron chi connectivity index (χ0n) is 8.81. The van der Waals surface area contributed by atoms with Crippen molar-refractivity contribution in [2.75, 3.05) is 6.54 Å². The average molecular weight is 186 g/mol. The molecule has 0 saturated carbocycles. The number of nitrogens with one attached hydrogen (secondary N) is 1. The molecule has 0 aliphatic rings. The van der Waals surface area contributed by atoms with Gasteiger partial charge < -0.3 is 11.1 Å². The molecule has 3 nitrogen and oxygen atoms in total. The molecule has 1 amide bonds. The molecule has 0 aliphatic heterocycles. The molecule has 0 aromatic rings. The molecule has 0 unspecified atom stereocenters. The summed E-state index contributed by atoms with van der Waals surface area (Å²) in [6, 6.07) is -0.328. The highest BCUT2D eigenvalue weighted by Crippen LogP contribution is 1.97. The summed E-state index contributed by atoms with van der Waals surface area (Å²) in [5.74, 6) is -0.0148. The van der Waals surface area contributed by atoms with Gasteiger partial charge in [0.25, 0.3) is 0 Å². The van der Waals surface area contributed by atoms with E-state index in [0.717, 1.165) is 13.0 Å². The van der Waals surface area contributed by atoms with Crippen LogP contribution in [0.1, 0.15) is 46.0 Å². The van der Waals surface area contributed by atoms with Crippen LogP contribution in [0.5, 0.6) is 0 Å². The predicted octanol–water partition coefficient (Wildman–Crippen LogP) is 1.42. The number of rotatable bonds is 7. The van der Waals surface area contributed by atoms with Crippen molar-refractivity contribution in [1.82, 2.24) is 5.32 Å². The first-order valence-corrected chi connectivity index (χ1v) is 5.25. The van der Waals surface area contributed by atoms with E-state index in [0.29, 0.717) is 6.42 Å². The normalized spacial score (nSPS) is 12.5. The lowest BCUT2D eigenvalue weighted by Crippen LogP contribution is -2.40. The molecule has 0 radical (unpaired) electrons. The van der Waals surface area contributed by atoms with Gasteiger partial charge in [0.05, 0.1) is 6.04 Å². The molecule has 0 aromatic heterocycles. The maximum absolute atomic E-state index is 11.2. The van der Waals surface area contributed by atoms with Crippen molar-refractivity contribution in [1.29, 1.82) is 0 Å². The molecule has 3 heteroatoms. The highest BCUT2D eigenvalue weighted by Gasteiger charge is 2.08. The summed E-state index contributed by atoms with van der Waals surface area (Å²) in [6.45, 7) is 4.86. The molecule has 0 saturated heterocycles. The van der Waals surface area contributed by atoms with Crippen LogP contribution in [-0.2, 0) is 4.79 Å². The van der Waals surface area contributed by atoms with E-state index >= 15 is 0 Å². The lowest BCUT2D eigenvalue weighted by atomic mass is 10.2. The fourth-order valence-electron chi connectivity index (χ4n) is 1.08. The Morgan fingerprint density at radius 2 is 2.00 bits per heavy atom. The molecule has 78 valence electrons. The largest absolute Gasteiger partial charge is 0.355 e. The van der Waals surface area contributed by atoms with Crippen LogP contribution in [0.15, 0.2) is 0 Å². The number of unbranched alkanes of at least 4 members (excludes halogenated alkanes) is 3. The van der Waals surface area contributed by atoms with Crippen LogP contribution >= 0.6 is 0 Å². The predicted molar refractivity (Wildman–Crippen MR) is 55.4 cm³/mol. The second-order valence-corrected chi connectivity index (χ2v) is 3.37. The minimum absolute atomic E-state index is 0.0148. The van der Waals surface area contributed by atoms with Gasteiger partial charge in [0.1, 0.15) is 0 Å². The Kier molecular flexibility index (Phi) is 7.69. The van der Waals surface area contributed by atoms with Crippen molar-refractivity contribution < 1.29 is 4.79 Å². The van der Waals surface area contributed by atoms with Crippen LogP contribution in [-0.4, -0.2) is 18.5 Å². The third-order valence-electron chi connectivity index (χ3n) is 2.11. The van der Waals surface area contributed by atoms with Gasteiger partial charge in [-0.05, 0) is 12.8 Å². The molecule has 0 bridgehead atoms. The van der Waals surface area contributed by atoms with Crippen LogP contribution in [0.25, 0.3) is 0 Å². The van der Waals surface area contributed by atoms with Gasteiger partial charge in [-0.3, -0.25) is 4.79 Å². The van der Waals surface area contributed by atoms with E-state index in [1.807, 2.05) is 6.92 Å². The number of hydrogen-bond donors (Lipinski definition) is 2. The second-order valence-electron chi connectivity index (χ2n) is 3.37. The molecule has 0 aromatic carbocycles. The number of carbonyl (C=O) groups excluding carboxylic acids is 1. The van der Waals surface area contributed by atoms with Gasteiger partial charge >= 0.3 is 0 Å². The number of nitrogens with two attached hydrogens (primary N) is 1. The Morgan fingerprint density at radius 1 is 1.31 bits per heavy atom. The Morgan fingerprint density at radius 3 is 2.54 bits per heavy atom. The summed E-state index contributed by atoms with van der Waals surface area (Å²) in [5.41, 5.74) is 5.55. The van der Waals surface area contributed by atoms with Crippen molar-refractivity contribution in [3.63, 3.8) is 0 Å². The zero-order valence-corrected chi connectivity index (χ0v) is 8.81. The highest BCUT2D eigenvalue weighted by atomic mass is 16.2. The smallest absolute Gasteiger partial charge is 0.236 e. The summed E-state index contributed by atoms with van der Waals surface area (Å²) >= 11 is 0. The van der Waals surface area contributed by atoms with Crippen LogP contribution in [0.2, 0.25) is 0 Å². The fraction of sp³-hybridized carbons (Fsp3) is 0.900. The Balaban J connectivity index is 3.27. The molecular weight excluding hydrogens is 164 g/mol. The first-order chi connectivity index (χ1) is 6.22. The summed E-state index contributed by atoms with van der Waals surface area (Å²) in [6.07, 6.45) is 5.44. The van der Waals surface area contributed by atoms with E-state index in [2.05, 4.69) is 12.2 Å². The molecule has 1 atom stereocenters. The van der Waals surface area contributed by atoms with Gasteiger partial charge in [0, 0.05) is 6.54 Å². The minimum Gasteiger partial charge on any atom is -0.355 e. The molecule has 0 aliphatic carbocycles. The molecule has 13 heavy (non-hydrogen) atoms. The number of carbonyl (C=O) groups is 1. The van der Waals surface area contributed by atoms with Crippen molar-refractivity contribution in [3.05, 3.63) is 0 Å². The SMILES string of the molecule is CCCCCCNC(=O)[C@H](N)CC. The van der Waals surface area contributed by atoms with E-state index in [1.54, 1.807) is 0 Å². The van der Waals surface area contributed by atoms with Crippen molar-refractivity contribution in [2.24, 2.45) is 5.73 Å². The van der Waals surface area contributed by atoms with Gasteiger partial charge in [0.15, 0.2) is 0 Å². The third-order valence-corrected chi connectivity index (χ3v) is 2.11. The lowest BCUT2D eigenvalue weighted by molar-refractivity contribution is -0.122. The first kappa shape index (κ1) is 12.4. The van der Waals surface area contributed by atoms with Gasteiger partial charge in [-0.2, -0.15) is 0 Å². The van der Waals surface area contributed by atoms with E-state index < -0.39 is 0 Å². The summed E-state index contributed by atoms with van der Waals surface area (Å²) in [4.78, 5) is 11.2. The topological polar surface area (TPSA) is 55.1 Å². The quantitative estimate of drug-likeness (QED) is 0.591. The fourth-order valence-corrected chi connectivity index (χ4v) is 1.08. The third kappa shape index (κ3) is 6.58. The minimum atomic E-state index is -0.328. The van der Waals surface area contributed by atoms with Crippen molar-refractivity contribution in [2.45, 2.75) is 52.0 Å². The lowest BCUT2D eigenvalue weighted by Gasteiger charge is -2.09. The maximum Gasteiger partial charge on any atom is 0.236 e. The second kappa shape index (κ2) is 8.05. The van der Waals surface area contributed by atoms with Crippen LogP contribution in [0, 0.1) is 0 Å². The van der Waals surface area contributed by atoms with Gasteiger partial charge in [0.2, 0.25) is 5.91 Å². The number of amides is 1. The van der Waals surface area contributed by atoms with Gasteiger partial charge in [-0.15, -0.1) is 0 Å².